The van der Waals surface area contributed by atoms with E-state index in [1.165, 1.54) is 29.2 Å². The lowest BCUT2D eigenvalue weighted by atomic mass is 10.2. The monoisotopic (exact) mass is 539 g/mol. The molecule has 172 valence electrons. The summed E-state index contributed by atoms with van der Waals surface area (Å²) in [5.41, 5.74) is 2.74. The Labute approximate surface area is 208 Å². The maximum Gasteiger partial charge on any atom is 0.271 e. The van der Waals surface area contributed by atoms with Crippen LogP contribution in [-0.4, -0.2) is 23.6 Å². The van der Waals surface area contributed by atoms with Crippen LogP contribution in [0.2, 0.25) is 0 Å². The largest absolute Gasteiger partial charge is 0.483 e. The molecule has 1 saturated heterocycles. The number of amidine groups is 1. The standard InChI is InChI=1S/C25H19BrFN3O3S/c1-15-2-7-19(8-3-15)29-23(31)14-33-21-11-4-17(26)12-16(21)13-22-24(32)30(25(28)34-22)20-9-5-18(27)6-10-20/h2-13,28H,14H2,1H3,(H,29,31)/b22-13-,28-25?. The molecule has 0 unspecified atom stereocenters. The Balaban J connectivity index is 1.51. The Hall–Kier alpha value is -3.43. The van der Waals surface area contributed by atoms with Crippen LogP contribution in [0.1, 0.15) is 11.1 Å². The number of nitrogens with one attached hydrogen (secondary N) is 2. The highest BCUT2D eigenvalue weighted by Gasteiger charge is 2.33. The molecule has 3 aromatic rings. The average molecular weight is 540 g/mol. The third kappa shape index (κ3) is 5.55. The van der Waals surface area contributed by atoms with Crippen molar-refractivity contribution >= 4 is 62.1 Å². The van der Waals surface area contributed by atoms with Gasteiger partial charge in [-0.15, -0.1) is 0 Å². The molecule has 0 atom stereocenters. The van der Waals surface area contributed by atoms with Gasteiger partial charge in [0.05, 0.1) is 10.6 Å². The molecular formula is C25H19BrFN3O3S. The van der Waals surface area contributed by atoms with Gasteiger partial charge in [0.1, 0.15) is 11.6 Å². The number of halogens is 2. The summed E-state index contributed by atoms with van der Waals surface area (Å²) in [6.45, 7) is 1.75. The van der Waals surface area contributed by atoms with Gasteiger partial charge in [-0.2, -0.15) is 0 Å². The lowest BCUT2D eigenvalue weighted by Crippen LogP contribution is -2.28. The van der Waals surface area contributed by atoms with Crippen LogP contribution in [-0.2, 0) is 9.59 Å². The average Bonchev–Trinajstić information content (AvgIpc) is 3.08. The van der Waals surface area contributed by atoms with Crippen molar-refractivity contribution in [3.8, 4) is 5.75 Å². The Bertz CT molecular complexity index is 1290. The molecule has 3 aromatic carbocycles. The summed E-state index contributed by atoms with van der Waals surface area (Å²) in [6.07, 6.45) is 1.61. The van der Waals surface area contributed by atoms with Gasteiger partial charge < -0.3 is 10.1 Å². The maximum absolute atomic E-state index is 13.3. The number of amides is 2. The Morgan fingerprint density at radius 3 is 2.56 bits per heavy atom. The number of benzene rings is 3. The second kappa shape index (κ2) is 10.2. The second-order valence-electron chi connectivity index (χ2n) is 7.42. The molecule has 0 spiro atoms. The number of rotatable bonds is 6. The van der Waals surface area contributed by atoms with Crippen molar-refractivity contribution < 1.29 is 18.7 Å². The predicted molar refractivity (Wildman–Crippen MR) is 137 cm³/mol. The third-order valence-electron chi connectivity index (χ3n) is 4.86. The van der Waals surface area contributed by atoms with E-state index >= 15 is 0 Å². The van der Waals surface area contributed by atoms with E-state index in [4.69, 9.17) is 10.1 Å². The molecule has 6 nitrogen and oxygen atoms in total. The van der Waals surface area contributed by atoms with Crippen molar-refractivity contribution in [3.05, 3.63) is 93.1 Å². The van der Waals surface area contributed by atoms with Crippen LogP contribution in [0.5, 0.6) is 5.75 Å². The van der Waals surface area contributed by atoms with E-state index in [-0.39, 0.29) is 17.7 Å². The molecule has 0 bridgehead atoms. The van der Waals surface area contributed by atoms with Gasteiger partial charge in [0.15, 0.2) is 11.8 Å². The molecule has 1 aliphatic heterocycles. The van der Waals surface area contributed by atoms with Crippen molar-refractivity contribution in [2.45, 2.75) is 6.92 Å². The van der Waals surface area contributed by atoms with Crippen molar-refractivity contribution in [1.29, 1.82) is 5.41 Å². The van der Waals surface area contributed by atoms with Gasteiger partial charge in [0, 0.05) is 15.7 Å². The van der Waals surface area contributed by atoms with E-state index in [0.717, 1.165) is 21.8 Å². The lowest BCUT2D eigenvalue weighted by molar-refractivity contribution is -0.118. The summed E-state index contributed by atoms with van der Waals surface area (Å²) < 4.78 is 19.8. The number of ether oxygens (including phenoxy) is 1. The lowest BCUT2D eigenvalue weighted by Gasteiger charge is -2.14. The van der Waals surface area contributed by atoms with Crippen molar-refractivity contribution in [2.24, 2.45) is 0 Å². The first kappa shape index (κ1) is 23.7. The van der Waals surface area contributed by atoms with Crippen LogP contribution in [0.3, 0.4) is 0 Å². The highest BCUT2D eigenvalue weighted by Crippen LogP contribution is 2.37. The fraction of sp³-hybridized carbons (Fsp3) is 0.0800. The minimum Gasteiger partial charge on any atom is -0.483 e. The topological polar surface area (TPSA) is 82.5 Å². The molecule has 1 fully saturated rings. The molecule has 1 heterocycles. The van der Waals surface area contributed by atoms with Crippen LogP contribution < -0.4 is 15.0 Å². The zero-order valence-corrected chi connectivity index (χ0v) is 20.4. The van der Waals surface area contributed by atoms with Gasteiger partial charge in [-0.1, -0.05) is 33.6 Å². The van der Waals surface area contributed by atoms with Gasteiger partial charge in [-0.3, -0.25) is 19.9 Å². The summed E-state index contributed by atoms with van der Waals surface area (Å²) in [7, 11) is 0. The fourth-order valence-corrected chi connectivity index (χ4v) is 4.42. The Kier molecular flexibility index (Phi) is 7.14. The number of thioether (sulfide) groups is 1. The summed E-state index contributed by atoms with van der Waals surface area (Å²) in [5, 5.41) is 11.0. The van der Waals surface area contributed by atoms with Crippen LogP contribution in [0.15, 0.2) is 76.1 Å². The quantitative estimate of drug-likeness (QED) is 0.378. The number of hydrogen-bond donors (Lipinski definition) is 2. The first-order valence-electron chi connectivity index (χ1n) is 10.2. The molecule has 0 saturated carbocycles. The number of carbonyl (C=O) groups excluding carboxylic acids is 2. The normalized spacial score (nSPS) is 14.6. The molecule has 2 N–H and O–H groups in total. The van der Waals surface area contributed by atoms with E-state index in [1.54, 1.807) is 24.3 Å². The molecule has 0 aliphatic carbocycles. The minimum absolute atomic E-state index is 0.0119. The molecule has 0 radical (unpaired) electrons. The van der Waals surface area contributed by atoms with Gasteiger partial charge in [-0.25, -0.2) is 4.39 Å². The molecule has 0 aromatic heterocycles. The summed E-state index contributed by atoms with van der Waals surface area (Å²) in [6, 6.07) is 18.0. The molecule has 4 rings (SSSR count). The number of nitrogens with zero attached hydrogens (tertiary/aromatic N) is 1. The van der Waals surface area contributed by atoms with Gasteiger partial charge in [-0.05, 0) is 79.4 Å². The summed E-state index contributed by atoms with van der Waals surface area (Å²) in [5.74, 6) is -0.729. The number of carbonyl (C=O) groups is 2. The van der Waals surface area contributed by atoms with E-state index in [9.17, 15) is 14.0 Å². The molecule has 34 heavy (non-hydrogen) atoms. The summed E-state index contributed by atoms with van der Waals surface area (Å²) in [4.78, 5) is 26.8. The Morgan fingerprint density at radius 2 is 1.85 bits per heavy atom. The van der Waals surface area contributed by atoms with Crippen LogP contribution in [0.4, 0.5) is 15.8 Å². The van der Waals surface area contributed by atoms with Gasteiger partial charge in [0.2, 0.25) is 0 Å². The second-order valence-corrected chi connectivity index (χ2v) is 9.36. The highest BCUT2D eigenvalue weighted by molar-refractivity contribution is 9.10. The van der Waals surface area contributed by atoms with E-state index < -0.39 is 11.7 Å². The maximum atomic E-state index is 13.3. The van der Waals surface area contributed by atoms with Gasteiger partial charge >= 0.3 is 0 Å². The van der Waals surface area contributed by atoms with Crippen molar-refractivity contribution in [1.82, 2.24) is 0 Å². The van der Waals surface area contributed by atoms with Crippen LogP contribution in [0, 0.1) is 18.2 Å². The highest BCUT2D eigenvalue weighted by atomic mass is 79.9. The smallest absolute Gasteiger partial charge is 0.271 e. The van der Waals surface area contributed by atoms with Crippen LogP contribution >= 0.6 is 27.7 Å². The molecule has 9 heteroatoms. The molecule has 1 aliphatic rings. The first-order chi connectivity index (χ1) is 16.3. The zero-order valence-electron chi connectivity index (χ0n) is 18.0. The molecule has 2 amide bonds. The van der Waals surface area contributed by atoms with E-state index in [1.807, 2.05) is 31.2 Å². The predicted octanol–water partition coefficient (Wildman–Crippen LogP) is 5.97. The zero-order chi connectivity index (χ0) is 24.2. The summed E-state index contributed by atoms with van der Waals surface area (Å²) >= 11 is 4.41. The number of anilines is 2. The number of aryl methyl sites for hydroxylation is 1. The first-order valence-corrected chi connectivity index (χ1v) is 11.8. The third-order valence-corrected chi connectivity index (χ3v) is 6.24. The fourth-order valence-electron chi connectivity index (χ4n) is 3.19. The van der Waals surface area contributed by atoms with Gasteiger partial charge in [0.25, 0.3) is 11.8 Å². The van der Waals surface area contributed by atoms with Crippen molar-refractivity contribution in [2.75, 3.05) is 16.8 Å². The van der Waals surface area contributed by atoms with Crippen LogP contribution in [0.25, 0.3) is 6.08 Å². The SMILES string of the molecule is Cc1ccc(NC(=O)COc2ccc(Br)cc2/C=C2\SC(=N)N(c3ccc(F)cc3)C2=O)cc1. The van der Waals surface area contributed by atoms with E-state index in [0.29, 0.717) is 27.6 Å². The van der Waals surface area contributed by atoms with E-state index in [2.05, 4.69) is 21.2 Å². The molecular weight excluding hydrogens is 521 g/mol. The minimum atomic E-state index is -0.423. The Morgan fingerprint density at radius 1 is 1.15 bits per heavy atom. The van der Waals surface area contributed by atoms with Crippen molar-refractivity contribution in [3.63, 3.8) is 0 Å². The number of hydrogen-bond acceptors (Lipinski definition) is 5.